The molecule has 0 spiro atoms. The van der Waals surface area contributed by atoms with Gasteiger partial charge in [0.05, 0.1) is 15.5 Å². The monoisotopic (exact) mass is 583 g/mol. The average Bonchev–Trinajstić information content (AvgIpc) is 2.90. The number of nitrogens with one attached hydrogen (secondary N) is 2. The molecule has 0 aromatic heterocycles. The summed E-state index contributed by atoms with van der Waals surface area (Å²) >= 11 is 5.94. The molecule has 39 heavy (non-hydrogen) atoms. The molecular formula is C28H26ClN3O5S2. The number of amides is 1. The summed E-state index contributed by atoms with van der Waals surface area (Å²) < 4.78 is 56.0. The Balaban J connectivity index is 1.55. The van der Waals surface area contributed by atoms with Crippen LogP contribution in [0.15, 0.2) is 107 Å². The Bertz CT molecular complexity index is 1690. The van der Waals surface area contributed by atoms with Gasteiger partial charge in [-0.25, -0.2) is 16.8 Å². The van der Waals surface area contributed by atoms with Gasteiger partial charge in [0, 0.05) is 16.4 Å². The number of nitrogens with zero attached hydrogens (tertiary/aromatic N) is 1. The van der Waals surface area contributed by atoms with Crippen LogP contribution < -0.4 is 14.3 Å². The van der Waals surface area contributed by atoms with Crippen molar-refractivity contribution in [3.8, 4) is 0 Å². The van der Waals surface area contributed by atoms with Crippen LogP contribution in [0.2, 0.25) is 5.02 Å². The van der Waals surface area contributed by atoms with E-state index in [0.29, 0.717) is 22.1 Å². The standard InChI is InChI=1S/C28H26ClN3O5S2/c1-20-8-13-25(18-21(20)2)32(39(36,37)27-14-9-22(29)10-15-27)19-28(33)30-23-11-16-26(17-12-23)38(34,35)31-24-6-4-3-5-7-24/h3-18,31H,19H2,1-2H3,(H,30,33). The molecule has 0 saturated heterocycles. The van der Waals surface area contributed by atoms with Crippen LogP contribution in [-0.2, 0) is 24.8 Å². The van der Waals surface area contributed by atoms with Crippen molar-refractivity contribution in [2.75, 3.05) is 20.9 Å². The van der Waals surface area contributed by atoms with E-state index in [1.807, 2.05) is 13.8 Å². The van der Waals surface area contributed by atoms with E-state index >= 15 is 0 Å². The van der Waals surface area contributed by atoms with Crippen LogP contribution in [-0.4, -0.2) is 29.3 Å². The van der Waals surface area contributed by atoms with Gasteiger partial charge in [0.2, 0.25) is 5.91 Å². The minimum atomic E-state index is -4.12. The van der Waals surface area contributed by atoms with Crippen molar-refractivity contribution in [1.82, 2.24) is 0 Å². The fourth-order valence-electron chi connectivity index (χ4n) is 3.70. The largest absolute Gasteiger partial charge is 0.325 e. The maximum atomic E-state index is 13.6. The van der Waals surface area contributed by atoms with Crippen LogP contribution in [0.1, 0.15) is 11.1 Å². The minimum absolute atomic E-state index is 0.00595. The molecular weight excluding hydrogens is 558 g/mol. The number of benzene rings is 4. The highest BCUT2D eigenvalue weighted by Gasteiger charge is 2.27. The lowest BCUT2D eigenvalue weighted by Crippen LogP contribution is -2.38. The highest BCUT2D eigenvalue weighted by atomic mass is 35.5. The SMILES string of the molecule is Cc1ccc(N(CC(=O)Nc2ccc(S(=O)(=O)Nc3ccccc3)cc2)S(=O)(=O)c2ccc(Cl)cc2)cc1C. The molecule has 0 bridgehead atoms. The van der Waals surface area contributed by atoms with Crippen molar-refractivity contribution in [2.24, 2.45) is 0 Å². The van der Waals surface area contributed by atoms with E-state index in [4.69, 9.17) is 11.6 Å². The Morgan fingerprint density at radius 2 is 1.36 bits per heavy atom. The lowest BCUT2D eigenvalue weighted by molar-refractivity contribution is -0.114. The van der Waals surface area contributed by atoms with Crippen LogP contribution >= 0.6 is 11.6 Å². The molecule has 8 nitrogen and oxygen atoms in total. The zero-order valence-corrected chi connectivity index (χ0v) is 23.5. The normalized spacial score (nSPS) is 11.6. The molecule has 11 heteroatoms. The summed E-state index contributed by atoms with van der Waals surface area (Å²) in [7, 11) is -7.95. The predicted molar refractivity (Wildman–Crippen MR) is 154 cm³/mol. The number of halogens is 1. The van der Waals surface area contributed by atoms with Crippen molar-refractivity contribution in [2.45, 2.75) is 23.6 Å². The van der Waals surface area contributed by atoms with Crippen LogP contribution in [0.3, 0.4) is 0 Å². The molecule has 0 saturated carbocycles. The molecule has 4 aromatic rings. The second-order valence-corrected chi connectivity index (χ2v) is 12.8. The molecule has 4 aromatic carbocycles. The van der Waals surface area contributed by atoms with Crippen molar-refractivity contribution < 1.29 is 21.6 Å². The highest BCUT2D eigenvalue weighted by Crippen LogP contribution is 2.27. The first-order valence-electron chi connectivity index (χ1n) is 11.8. The first-order valence-corrected chi connectivity index (χ1v) is 15.1. The Hall–Kier alpha value is -3.86. The maximum Gasteiger partial charge on any atom is 0.264 e. The smallest absolute Gasteiger partial charge is 0.264 e. The van der Waals surface area contributed by atoms with E-state index in [2.05, 4.69) is 10.0 Å². The Labute approximate surface area is 233 Å². The minimum Gasteiger partial charge on any atom is -0.325 e. The number of hydrogen-bond donors (Lipinski definition) is 2. The Kier molecular flexibility index (Phi) is 8.29. The number of carbonyl (C=O) groups excluding carboxylic acids is 1. The van der Waals surface area contributed by atoms with E-state index in [9.17, 15) is 21.6 Å². The van der Waals surface area contributed by atoms with Gasteiger partial charge in [-0.1, -0.05) is 35.9 Å². The fraction of sp³-hybridized carbons (Fsp3) is 0.107. The second-order valence-electron chi connectivity index (χ2n) is 8.78. The van der Waals surface area contributed by atoms with Crippen molar-refractivity contribution in [1.29, 1.82) is 0 Å². The van der Waals surface area contributed by atoms with Gasteiger partial charge in [-0.3, -0.25) is 13.8 Å². The summed E-state index contributed by atoms with van der Waals surface area (Å²) in [6.07, 6.45) is 0. The average molecular weight is 584 g/mol. The van der Waals surface area contributed by atoms with Crippen LogP contribution in [0.25, 0.3) is 0 Å². The van der Waals surface area contributed by atoms with E-state index in [-0.39, 0.29) is 9.79 Å². The van der Waals surface area contributed by atoms with Crippen LogP contribution in [0, 0.1) is 13.8 Å². The number of anilines is 3. The number of sulfonamides is 2. The molecule has 4 rings (SSSR count). The number of rotatable bonds is 9. The zero-order chi connectivity index (χ0) is 28.2. The number of para-hydroxylation sites is 1. The zero-order valence-electron chi connectivity index (χ0n) is 21.1. The second kappa shape index (κ2) is 11.5. The number of carbonyl (C=O) groups is 1. The summed E-state index contributed by atoms with van der Waals surface area (Å²) in [5.41, 5.74) is 2.90. The summed E-state index contributed by atoms with van der Waals surface area (Å²) in [6, 6.07) is 24.9. The van der Waals surface area contributed by atoms with E-state index < -0.39 is 32.5 Å². The third-order valence-electron chi connectivity index (χ3n) is 5.94. The van der Waals surface area contributed by atoms with Gasteiger partial charge in [0.1, 0.15) is 6.54 Å². The first-order chi connectivity index (χ1) is 18.5. The molecule has 0 atom stereocenters. The van der Waals surface area contributed by atoms with Gasteiger partial charge in [-0.2, -0.15) is 0 Å². The summed E-state index contributed by atoms with van der Waals surface area (Å²) in [4.78, 5) is 13.0. The molecule has 0 aliphatic rings. The lowest BCUT2D eigenvalue weighted by Gasteiger charge is -2.25. The quantitative estimate of drug-likeness (QED) is 0.267. The van der Waals surface area contributed by atoms with Crippen molar-refractivity contribution in [3.63, 3.8) is 0 Å². The van der Waals surface area contributed by atoms with Gasteiger partial charge < -0.3 is 5.32 Å². The van der Waals surface area contributed by atoms with E-state index in [1.165, 1.54) is 48.5 Å². The topological polar surface area (TPSA) is 113 Å². The third kappa shape index (κ3) is 6.78. The van der Waals surface area contributed by atoms with Crippen LogP contribution in [0.5, 0.6) is 0 Å². The van der Waals surface area contributed by atoms with Gasteiger partial charge >= 0.3 is 0 Å². The molecule has 0 unspecified atom stereocenters. The number of aryl methyl sites for hydroxylation is 2. The van der Waals surface area contributed by atoms with E-state index in [1.54, 1.807) is 48.5 Å². The predicted octanol–water partition coefficient (Wildman–Crippen LogP) is 5.59. The molecule has 1 amide bonds. The highest BCUT2D eigenvalue weighted by molar-refractivity contribution is 7.93. The number of hydrogen-bond acceptors (Lipinski definition) is 5. The fourth-order valence-corrected chi connectivity index (χ4v) is 6.30. The first kappa shape index (κ1) is 28.2. The van der Waals surface area contributed by atoms with Gasteiger partial charge in [0.15, 0.2) is 0 Å². The molecule has 2 N–H and O–H groups in total. The lowest BCUT2D eigenvalue weighted by atomic mass is 10.1. The van der Waals surface area contributed by atoms with Crippen LogP contribution in [0.4, 0.5) is 17.1 Å². The molecule has 0 heterocycles. The summed E-state index contributed by atoms with van der Waals surface area (Å²) in [5, 5.41) is 3.03. The molecule has 0 aliphatic heterocycles. The third-order valence-corrected chi connectivity index (χ3v) is 9.38. The Morgan fingerprint density at radius 1 is 0.744 bits per heavy atom. The van der Waals surface area contributed by atoms with Crippen molar-refractivity contribution >= 4 is 54.6 Å². The van der Waals surface area contributed by atoms with E-state index in [0.717, 1.165) is 15.4 Å². The molecule has 0 fully saturated rings. The summed E-state index contributed by atoms with van der Waals surface area (Å²) in [5.74, 6) is -0.608. The maximum absolute atomic E-state index is 13.6. The molecule has 202 valence electrons. The summed E-state index contributed by atoms with van der Waals surface area (Å²) in [6.45, 7) is 3.25. The Morgan fingerprint density at radius 3 is 1.97 bits per heavy atom. The molecule has 0 radical (unpaired) electrons. The molecule has 0 aliphatic carbocycles. The van der Waals surface area contributed by atoms with Gasteiger partial charge in [-0.05, 0) is 97.8 Å². The van der Waals surface area contributed by atoms with Crippen molar-refractivity contribution in [3.05, 3.63) is 113 Å². The van der Waals surface area contributed by atoms with Gasteiger partial charge in [0.25, 0.3) is 20.0 Å². The van der Waals surface area contributed by atoms with Gasteiger partial charge in [-0.15, -0.1) is 0 Å².